The predicted molar refractivity (Wildman–Crippen MR) is 150 cm³/mol. The van der Waals surface area contributed by atoms with E-state index < -0.39 is 0 Å². The number of carbonyl (C=O) groups excluding carboxylic acids is 2. The molecule has 36 heavy (non-hydrogen) atoms. The number of esters is 1. The summed E-state index contributed by atoms with van der Waals surface area (Å²) >= 11 is 0. The lowest BCUT2D eigenvalue weighted by Gasteiger charge is -2.31. The summed E-state index contributed by atoms with van der Waals surface area (Å²) in [7, 11) is 0. The van der Waals surface area contributed by atoms with E-state index in [0.29, 0.717) is 23.9 Å². The van der Waals surface area contributed by atoms with Crippen LogP contribution in [0.5, 0.6) is 5.75 Å². The summed E-state index contributed by atoms with van der Waals surface area (Å²) in [6, 6.07) is 7.60. The number of Topliss-reactive ketones (excluding diaryl/α,β-unsaturated/α-hetero) is 1. The second kappa shape index (κ2) is 13.6. The van der Waals surface area contributed by atoms with E-state index in [2.05, 4.69) is 33.8 Å². The van der Waals surface area contributed by atoms with Gasteiger partial charge in [-0.15, -0.1) is 0 Å². The number of ether oxygens (including phenoxy) is 1. The topological polar surface area (TPSA) is 43.4 Å². The fourth-order valence-electron chi connectivity index (χ4n) is 6.38. The summed E-state index contributed by atoms with van der Waals surface area (Å²) in [4.78, 5) is 25.3. The zero-order valence-electron chi connectivity index (χ0n) is 23.5. The van der Waals surface area contributed by atoms with E-state index >= 15 is 0 Å². The quantitative estimate of drug-likeness (QED) is 0.0994. The molecule has 0 aliphatic heterocycles. The molecule has 2 unspecified atom stereocenters. The van der Waals surface area contributed by atoms with Crippen LogP contribution in [-0.4, -0.2) is 11.8 Å². The van der Waals surface area contributed by atoms with Gasteiger partial charge in [0.25, 0.3) is 0 Å². The molecule has 3 heteroatoms. The first-order valence-electron chi connectivity index (χ1n) is 14.9. The number of ketones is 1. The van der Waals surface area contributed by atoms with Crippen LogP contribution >= 0.6 is 0 Å². The number of hydrogen-bond donors (Lipinski definition) is 0. The maximum absolute atomic E-state index is 13.0. The van der Waals surface area contributed by atoms with Crippen molar-refractivity contribution < 1.29 is 14.3 Å². The molecule has 2 aliphatic carbocycles. The third-order valence-corrected chi connectivity index (χ3v) is 9.28. The molecule has 0 heterocycles. The molecule has 0 N–H and O–H groups in total. The number of benzene rings is 1. The van der Waals surface area contributed by atoms with Crippen molar-refractivity contribution in [3.8, 4) is 5.75 Å². The molecule has 200 valence electrons. The molecule has 2 saturated carbocycles. The first kappa shape index (κ1) is 28.7. The smallest absolute Gasteiger partial charge is 0.311 e. The molecule has 3 nitrogen and oxygen atoms in total. The molecule has 0 radical (unpaired) electrons. The molecular formula is C33H50O3. The van der Waals surface area contributed by atoms with Crippen LogP contribution in [0, 0.1) is 16.7 Å². The molecule has 2 fully saturated rings. The largest absolute Gasteiger partial charge is 0.427 e. The lowest BCUT2D eigenvalue weighted by molar-refractivity contribution is -0.134. The van der Waals surface area contributed by atoms with Crippen molar-refractivity contribution in [2.24, 2.45) is 16.7 Å². The highest BCUT2D eigenvalue weighted by Crippen LogP contribution is 2.65. The summed E-state index contributed by atoms with van der Waals surface area (Å²) in [6.45, 7) is 8.88. The molecule has 1 aromatic rings. The number of hydrogen-bond acceptors (Lipinski definition) is 3. The predicted octanol–water partition coefficient (Wildman–Crippen LogP) is 9.48. The highest BCUT2D eigenvalue weighted by molar-refractivity contribution is 6.07. The number of unbranched alkanes of at least 4 members (excludes halogenated alkanes) is 12. The Morgan fingerprint density at radius 2 is 1.39 bits per heavy atom. The molecule has 2 atom stereocenters. The van der Waals surface area contributed by atoms with Gasteiger partial charge in [0.2, 0.25) is 0 Å². The second-order valence-electron chi connectivity index (χ2n) is 12.1. The van der Waals surface area contributed by atoms with Crippen molar-refractivity contribution in [1.29, 1.82) is 0 Å². The second-order valence-corrected chi connectivity index (χ2v) is 12.1. The van der Waals surface area contributed by atoms with Gasteiger partial charge in [-0.3, -0.25) is 9.59 Å². The Kier molecular flexibility index (Phi) is 10.8. The average molecular weight is 495 g/mol. The van der Waals surface area contributed by atoms with E-state index in [9.17, 15) is 9.59 Å². The van der Waals surface area contributed by atoms with Crippen molar-refractivity contribution in [3.05, 3.63) is 35.4 Å². The van der Waals surface area contributed by atoms with Crippen molar-refractivity contribution in [2.45, 2.75) is 130 Å². The molecule has 3 rings (SSSR count). The van der Waals surface area contributed by atoms with Crippen molar-refractivity contribution >= 4 is 17.8 Å². The number of allylic oxidation sites excluding steroid dienone is 1. The van der Waals surface area contributed by atoms with E-state index in [1.165, 1.54) is 70.6 Å². The van der Waals surface area contributed by atoms with Gasteiger partial charge in [0.05, 0.1) is 0 Å². The first-order chi connectivity index (χ1) is 17.3. The van der Waals surface area contributed by atoms with Crippen LogP contribution in [0.25, 0.3) is 6.08 Å². The van der Waals surface area contributed by atoms with E-state index in [1.54, 1.807) is 0 Å². The van der Waals surface area contributed by atoms with Gasteiger partial charge in [-0.05, 0) is 59.9 Å². The van der Waals surface area contributed by atoms with Gasteiger partial charge in [0, 0.05) is 11.8 Å². The van der Waals surface area contributed by atoms with Crippen LogP contribution in [0.4, 0.5) is 0 Å². The summed E-state index contributed by atoms with van der Waals surface area (Å²) in [5.74, 6) is 1.09. The zero-order valence-corrected chi connectivity index (χ0v) is 23.5. The van der Waals surface area contributed by atoms with Crippen molar-refractivity contribution in [3.63, 3.8) is 0 Å². The zero-order chi connectivity index (χ0) is 26.0. The normalized spacial score (nSPS) is 23.5. The molecule has 0 saturated heterocycles. The average Bonchev–Trinajstić information content (AvgIpc) is 3.16. The minimum absolute atomic E-state index is 0.0267. The fraction of sp³-hybridized carbons (Fsp3) is 0.697. The van der Waals surface area contributed by atoms with Crippen LogP contribution in [-0.2, 0) is 9.59 Å². The summed E-state index contributed by atoms with van der Waals surface area (Å²) in [5.41, 5.74) is 1.77. The molecule has 0 spiro atoms. The van der Waals surface area contributed by atoms with E-state index in [4.69, 9.17) is 4.74 Å². The lowest BCUT2D eigenvalue weighted by Crippen LogP contribution is -2.32. The van der Waals surface area contributed by atoms with Crippen LogP contribution in [0.15, 0.2) is 29.8 Å². The van der Waals surface area contributed by atoms with Gasteiger partial charge < -0.3 is 4.74 Å². The molecule has 0 aromatic heterocycles. The highest BCUT2D eigenvalue weighted by Gasteiger charge is 2.63. The maximum atomic E-state index is 13.0. The van der Waals surface area contributed by atoms with E-state index in [1.807, 2.05) is 24.3 Å². The third kappa shape index (κ3) is 7.11. The number of fused-ring (bicyclic) bond motifs is 2. The standard InChI is InChI=1S/C33H50O3/c1-5-6-7-8-9-10-11-12-13-14-15-16-17-18-30(34)36-27-21-19-26(20-22-27)25-28-29-23-24-33(4,31(28)35)32(29,2)3/h19-22,25,29H,5-18,23-24H2,1-4H3. The van der Waals surface area contributed by atoms with Crippen LogP contribution in [0.1, 0.15) is 136 Å². The molecular weight excluding hydrogens is 444 g/mol. The van der Waals surface area contributed by atoms with Crippen LogP contribution in [0.3, 0.4) is 0 Å². The Labute approximate surface area is 220 Å². The highest BCUT2D eigenvalue weighted by atomic mass is 16.5. The first-order valence-corrected chi connectivity index (χ1v) is 14.9. The van der Waals surface area contributed by atoms with Crippen molar-refractivity contribution in [1.82, 2.24) is 0 Å². The Balaban J connectivity index is 1.28. The molecule has 2 bridgehead atoms. The minimum Gasteiger partial charge on any atom is -0.427 e. The SMILES string of the molecule is CCCCCCCCCCCCCCCC(=O)Oc1ccc(C=C2C(=O)C3(C)CCC2C3(C)C)cc1. The monoisotopic (exact) mass is 494 g/mol. The molecule has 0 amide bonds. The van der Waals surface area contributed by atoms with E-state index in [-0.39, 0.29) is 16.8 Å². The Hall–Kier alpha value is -1.90. The van der Waals surface area contributed by atoms with Gasteiger partial charge in [-0.25, -0.2) is 0 Å². The van der Waals surface area contributed by atoms with Gasteiger partial charge in [-0.1, -0.05) is 117 Å². The van der Waals surface area contributed by atoms with E-state index in [0.717, 1.165) is 36.8 Å². The summed E-state index contributed by atoms with van der Waals surface area (Å²) < 4.78 is 5.54. The van der Waals surface area contributed by atoms with Gasteiger partial charge in [0.1, 0.15) is 5.75 Å². The number of carbonyl (C=O) groups is 2. The lowest BCUT2D eigenvalue weighted by atomic mass is 9.70. The Bertz CT molecular complexity index is 879. The van der Waals surface area contributed by atoms with Gasteiger partial charge in [0.15, 0.2) is 5.78 Å². The molecule has 2 aliphatic rings. The van der Waals surface area contributed by atoms with Crippen LogP contribution < -0.4 is 4.74 Å². The molecule has 1 aromatic carbocycles. The third-order valence-electron chi connectivity index (χ3n) is 9.28. The minimum atomic E-state index is -0.230. The Morgan fingerprint density at radius 3 is 1.89 bits per heavy atom. The summed E-state index contributed by atoms with van der Waals surface area (Å²) in [6.07, 6.45) is 21.5. The summed E-state index contributed by atoms with van der Waals surface area (Å²) in [5, 5.41) is 0. The fourth-order valence-corrected chi connectivity index (χ4v) is 6.38. The van der Waals surface area contributed by atoms with Crippen molar-refractivity contribution in [2.75, 3.05) is 0 Å². The maximum Gasteiger partial charge on any atom is 0.311 e. The van der Waals surface area contributed by atoms with Crippen LogP contribution in [0.2, 0.25) is 0 Å². The number of rotatable bonds is 16. The van der Waals surface area contributed by atoms with Gasteiger partial charge >= 0.3 is 5.97 Å². The van der Waals surface area contributed by atoms with Gasteiger partial charge in [-0.2, -0.15) is 0 Å². The Morgan fingerprint density at radius 1 is 0.861 bits per heavy atom.